The van der Waals surface area contributed by atoms with E-state index in [4.69, 9.17) is 22.1 Å². The van der Waals surface area contributed by atoms with Crippen LogP contribution in [0.4, 0.5) is 5.82 Å². The van der Waals surface area contributed by atoms with E-state index in [-0.39, 0.29) is 11.8 Å². The van der Waals surface area contributed by atoms with Crippen LogP contribution in [0.15, 0.2) is 67.5 Å². The summed E-state index contributed by atoms with van der Waals surface area (Å²) in [5, 5.41) is 1.22. The predicted octanol–water partition coefficient (Wildman–Crippen LogP) is 4.91. The number of carbonyl (C=O) groups excluding carboxylic acids is 1. The molecule has 6 rings (SSSR count). The first-order valence-electron chi connectivity index (χ1n) is 12.0. The molecule has 2 aromatic carbocycles. The molecule has 1 amide bonds. The third-order valence-electron chi connectivity index (χ3n) is 7.22. The molecular formula is C29H24ClN5O2. The van der Waals surface area contributed by atoms with E-state index in [0.29, 0.717) is 39.5 Å². The molecule has 1 aliphatic carbocycles. The van der Waals surface area contributed by atoms with Crippen LogP contribution in [0, 0.1) is 29.6 Å². The number of aryl methyl sites for hydroxylation is 1. The number of nitrogens with zero attached hydrogens (tertiary/aromatic N) is 4. The second-order valence-corrected chi connectivity index (χ2v) is 9.77. The molecule has 1 aliphatic heterocycles. The van der Waals surface area contributed by atoms with Gasteiger partial charge >= 0.3 is 0 Å². The van der Waals surface area contributed by atoms with Crippen LogP contribution >= 0.6 is 11.6 Å². The molecule has 4 aromatic rings. The van der Waals surface area contributed by atoms with E-state index in [9.17, 15) is 4.79 Å². The third-order valence-corrected chi connectivity index (χ3v) is 7.54. The number of ether oxygens (including phenoxy) is 1. The lowest BCUT2D eigenvalue weighted by atomic mass is 10.0. The summed E-state index contributed by atoms with van der Waals surface area (Å²) < 4.78 is 7.90. The Balaban J connectivity index is 1.37. The number of rotatable bonds is 4. The van der Waals surface area contributed by atoms with Crippen LogP contribution in [0.3, 0.4) is 0 Å². The highest BCUT2D eigenvalue weighted by Gasteiger charge is 2.55. The van der Waals surface area contributed by atoms with Crippen molar-refractivity contribution in [2.45, 2.75) is 0 Å². The first kappa shape index (κ1) is 23.1. The smallest absolute Gasteiger partial charge is 0.245 e. The van der Waals surface area contributed by atoms with Gasteiger partial charge in [-0.3, -0.25) is 4.79 Å². The minimum atomic E-state index is -0.0155. The summed E-state index contributed by atoms with van der Waals surface area (Å²) in [5.41, 5.74) is 9.36. The fraction of sp³-hybridized carbons (Fsp3) is 0.207. The lowest BCUT2D eigenvalue weighted by Crippen LogP contribution is -2.29. The van der Waals surface area contributed by atoms with Crippen LogP contribution in [0.5, 0.6) is 11.5 Å². The first-order chi connectivity index (χ1) is 18.0. The molecule has 7 nitrogen and oxygen atoms in total. The molecule has 1 saturated heterocycles. The van der Waals surface area contributed by atoms with Crippen LogP contribution in [-0.2, 0) is 11.8 Å². The number of amides is 1. The van der Waals surface area contributed by atoms with Crippen molar-refractivity contribution in [3.05, 3.63) is 78.2 Å². The summed E-state index contributed by atoms with van der Waals surface area (Å²) >= 11 is 6.81. The molecule has 2 aromatic heterocycles. The molecule has 8 heteroatoms. The quantitative estimate of drug-likeness (QED) is 0.312. The number of anilines is 1. The molecule has 2 atom stereocenters. The molecule has 2 N–H and O–H groups in total. The van der Waals surface area contributed by atoms with Crippen molar-refractivity contribution in [3.63, 3.8) is 0 Å². The number of halogens is 1. The normalized spacial score (nSPS) is 19.7. The van der Waals surface area contributed by atoms with Crippen LogP contribution in [-0.4, -0.2) is 38.4 Å². The van der Waals surface area contributed by atoms with E-state index in [2.05, 4.69) is 28.4 Å². The van der Waals surface area contributed by atoms with Crippen LogP contribution in [0.2, 0.25) is 5.02 Å². The van der Waals surface area contributed by atoms with Gasteiger partial charge in [0.1, 0.15) is 35.0 Å². The van der Waals surface area contributed by atoms with Gasteiger partial charge in [-0.05, 0) is 48.1 Å². The SMILES string of the molecule is C=CC(=O)N1CC2C(C#Cc3c(-c4ccc(Oc5ccccc5)cc4Cl)c4c(N)ncnc4n3C)C2C1. The van der Waals surface area contributed by atoms with E-state index in [1.165, 1.54) is 12.4 Å². The Bertz CT molecular complexity index is 1610. The molecule has 0 bridgehead atoms. The zero-order chi connectivity index (χ0) is 25.7. The maximum atomic E-state index is 11.9. The number of aromatic nitrogens is 3. The number of benzene rings is 2. The van der Waals surface area contributed by atoms with Gasteiger partial charge in [-0.1, -0.05) is 42.3 Å². The number of hydrogen-bond donors (Lipinski definition) is 1. The van der Waals surface area contributed by atoms with Crippen LogP contribution < -0.4 is 10.5 Å². The molecule has 0 radical (unpaired) electrons. The van der Waals surface area contributed by atoms with Gasteiger partial charge in [0.15, 0.2) is 0 Å². The molecule has 0 spiro atoms. The highest BCUT2D eigenvalue weighted by Crippen LogP contribution is 2.51. The van der Waals surface area contributed by atoms with E-state index >= 15 is 0 Å². The highest BCUT2D eigenvalue weighted by molar-refractivity contribution is 6.34. The molecule has 184 valence electrons. The molecule has 1 saturated carbocycles. The summed E-state index contributed by atoms with van der Waals surface area (Å²) in [6, 6.07) is 15.1. The Labute approximate surface area is 219 Å². The van der Waals surface area contributed by atoms with Crippen molar-refractivity contribution < 1.29 is 9.53 Å². The molecule has 2 unspecified atom stereocenters. The van der Waals surface area contributed by atoms with Crippen molar-refractivity contribution in [1.29, 1.82) is 0 Å². The Hall–Kier alpha value is -4.28. The molecular weight excluding hydrogens is 486 g/mol. The van der Waals surface area contributed by atoms with Gasteiger partial charge < -0.3 is 19.9 Å². The predicted molar refractivity (Wildman–Crippen MR) is 144 cm³/mol. The van der Waals surface area contributed by atoms with Crippen molar-refractivity contribution in [3.8, 4) is 34.5 Å². The maximum Gasteiger partial charge on any atom is 0.245 e. The van der Waals surface area contributed by atoms with E-state index in [0.717, 1.165) is 35.7 Å². The summed E-state index contributed by atoms with van der Waals surface area (Å²) in [5.74, 6) is 9.61. The van der Waals surface area contributed by atoms with Crippen molar-refractivity contribution in [1.82, 2.24) is 19.4 Å². The number of hydrogen-bond acceptors (Lipinski definition) is 5. The Morgan fingerprint density at radius 1 is 1.16 bits per heavy atom. The van der Waals surface area contributed by atoms with Crippen molar-refractivity contribution >= 4 is 34.4 Å². The molecule has 2 fully saturated rings. The van der Waals surface area contributed by atoms with Crippen molar-refractivity contribution in [2.75, 3.05) is 18.8 Å². The van der Waals surface area contributed by atoms with Gasteiger partial charge in [0.25, 0.3) is 0 Å². The number of para-hydroxylation sites is 1. The fourth-order valence-corrected chi connectivity index (χ4v) is 5.54. The second-order valence-electron chi connectivity index (χ2n) is 9.37. The summed E-state index contributed by atoms with van der Waals surface area (Å²) in [6.45, 7) is 5.04. The van der Waals surface area contributed by atoms with Crippen molar-refractivity contribution in [2.24, 2.45) is 24.8 Å². The first-order valence-corrected chi connectivity index (χ1v) is 12.4. The summed E-state index contributed by atoms with van der Waals surface area (Å²) in [4.78, 5) is 22.5. The highest BCUT2D eigenvalue weighted by atomic mass is 35.5. The fourth-order valence-electron chi connectivity index (χ4n) is 5.27. The number of nitrogens with two attached hydrogens (primary N) is 1. The largest absolute Gasteiger partial charge is 0.457 e. The standard InChI is InChI=1S/C29H24ClN5O2/c1-3-25(36)35-14-21-19(22(21)15-35)11-12-24-26(27-28(31)32-16-33-29(27)34(24)2)20-10-9-18(13-23(20)30)37-17-7-5-4-6-8-17/h3-10,13,16,19,21-22H,1,14-15H2,2H3,(H2,31,32,33). The molecule has 2 aliphatic rings. The average molecular weight is 510 g/mol. The second kappa shape index (κ2) is 8.99. The maximum absolute atomic E-state index is 11.9. The summed E-state index contributed by atoms with van der Waals surface area (Å²) in [7, 11) is 1.92. The van der Waals surface area contributed by atoms with Gasteiger partial charge in [-0.15, -0.1) is 0 Å². The Kier molecular flexibility index (Phi) is 5.62. The van der Waals surface area contributed by atoms with Gasteiger partial charge in [-0.25, -0.2) is 9.97 Å². The van der Waals surface area contributed by atoms with Crippen LogP contribution in [0.1, 0.15) is 5.69 Å². The number of nitrogen functional groups attached to an aromatic ring is 1. The minimum Gasteiger partial charge on any atom is -0.457 e. The number of fused-ring (bicyclic) bond motifs is 2. The molecule has 3 heterocycles. The Morgan fingerprint density at radius 2 is 1.92 bits per heavy atom. The summed E-state index contributed by atoms with van der Waals surface area (Å²) in [6.07, 6.45) is 2.83. The van der Waals surface area contributed by atoms with Gasteiger partial charge in [0.2, 0.25) is 5.91 Å². The monoisotopic (exact) mass is 509 g/mol. The number of carbonyl (C=O) groups is 1. The zero-order valence-corrected chi connectivity index (χ0v) is 20.9. The zero-order valence-electron chi connectivity index (χ0n) is 20.2. The Morgan fingerprint density at radius 3 is 2.62 bits per heavy atom. The minimum absolute atomic E-state index is 0.0155. The van der Waals surface area contributed by atoms with E-state index in [1.54, 1.807) is 6.07 Å². The van der Waals surface area contributed by atoms with Crippen LogP contribution in [0.25, 0.3) is 22.2 Å². The lowest BCUT2D eigenvalue weighted by Gasteiger charge is -2.16. The topological polar surface area (TPSA) is 86.3 Å². The number of likely N-dealkylation sites (tertiary alicyclic amines) is 1. The van der Waals surface area contributed by atoms with Gasteiger partial charge in [-0.2, -0.15) is 0 Å². The van der Waals surface area contributed by atoms with E-state index in [1.807, 2.05) is 59.0 Å². The van der Waals surface area contributed by atoms with E-state index < -0.39 is 0 Å². The van der Waals surface area contributed by atoms with Gasteiger partial charge in [0, 0.05) is 43.2 Å². The average Bonchev–Trinajstić information content (AvgIpc) is 3.21. The third kappa shape index (κ3) is 4.00. The number of piperidine rings is 1. The van der Waals surface area contributed by atoms with Gasteiger partial charge in [0.05, 0.1) is 10.4 Å². The lowest BCUT2D eigenvalue weighted by molar-refractivity contribution is -0.125. The molecule has 37 heavy (non-hydrogen) atoms.